The van der Waals surface area contributed by atoms with Crippen LogP contribution in [0.25, 0.3) is 0 Å². The van der Waals surface area contributed by atoms with Crippen LogP contribution in [-0.4, -0.2) is 56.7 Å². The van der Waals surface area contributed by atoms with Crippen molar-refractivity contribution >= 4 is 29.8 Å². The molecule has 1 heterocycles. The minimum Gasteiger partial charge on any atom is -0.452 e. The van der Waals surface area contributed by atoms with E-state index in [4.69, 9.17) is 10.8 Å². The monoisotopic (exact) mass is 386 g/mol. The van der Waals surface area contributed by atoms with E-state index in [0.717, 1.165) is 20.0 Å². The van der Waals surface area contributed by atoms with Gasteiger partial charge in [-0.3, -0.25) is 9.59 Å². The van der Waals surface area contributed by atoms with Crippen LogP contribution in [0, 0.1) is 0 Å². The van der Waals surface area contributed by atoms with Crippen molar-refractivity contribution in [3.8, 4) is 5.75 Å². The molecule has 9 nitrogen and oxygen atoms in total. The summed E-state index contributed by atoms with van der Waals surface area (Å²) in [4.78, 5) is 25.7. The number of rotatable bonds is 7. The fraction of sp³-hybridized carbons (Fsp3) is 0.429. The topological polar surface area (TPSA) is 139 Å². The third-order valence-electron chi connectivity index (χ3n) is 3.93. The van der Waals surface area contributed by atoms with E-state index in [9.17, 15) is 21.9 Å². The summed E-state index contributed by atoms with van der Waals surface area (Å²) in [6.45, 7) is 0.0482. The summed E-state index contributed by atoms with van der Waals surface area (Å²) < 4.78 is 38.3. The van der Waals surface area contributed by atoms with Gasteiger partial charge in [-0.1, -0.05) is 9.95 Å². The SMILES string of the molecule is NCc1ccc(C(=O)NCC(=O)N2CCCC2[B]O)cc1OS(=O)(=O)F. The van der Waals surface area contributed by atoms with Gasteiger partial charge in [-0.05, 0) is 25.0 Å². The molecule has 26 heavy (non-hydrogen) atoms. The van der Waals surface area contributed by atoms with Crippen LogP contribution in [0.4, 0.5) is 3.89 Å². The Labute approximate surface area is 151 Å². The zero-order valence-corrected chi connectivity index (χ0v) is 14.5. The largest absolute Gasteiger partial charge is 0.488 e. The van der Waals surface area contributed by atoms with Crippen LogP contribution in [0.3, 0.4) is 0 Å². The maximum Gasteiger partial charge on any atom is 0.488 e. The number of carbonyl (C=O) groups excluding carboxylic acids is 2. The van der Waals surface area contributed by atoms with Crippen molar-refractivity contribution in [1.82, 2.24) is 10.2 Å². The Morgan fingerprint density at radius 1 is 1.46 bits per heavy atom. The molecule has 0 aromatic heterocycles. The highest BCUT2D eigenvalue weighted by atomic mass is 32.3. The molecule has 1 aliphatic rings. The van der Waals surface area contributed by atoms with Gasteiger partial charge in [-0.2, -0.15) is 8.42 Å². The Kier molecular flexibility index (Phi) is 6.56. The number of carbonyl (C=O) groups is 2. The summed E-state index contributed by atoms with van der Waals surface area (Å²) in [5, 5.41) is 11.5. The quantitative estimate of drug-likeness (QED) is 0.405. The molecular formula is C14H18BFN3O6S. The molecule has 4 N–H and O–H groups in total. The van der Waals surface area contributed by atoms with Gasteiger partial charge in [0.25, 0.3) is 5.91 Å². The second kappa shape index (κ2) is 8.47. The van der Waals surface area contributed by atoms with E-state index in [1.165, 1.54) is 17.0 Å². The second-order valence-electron chi connectivity index (χ2n) is 5.63. The molecule has 1 atom stereocenters. The molecule has 1 aromatic carbocycles. The molecule has 1 unspecified atom stereocenters. The number of hydrogen-bond donors (Lipinski definition) is 3. The Bertz CT molecular complexity index is 791. The zero-order valence-electron chi connectivity index (χ0n) is 13.7. The molecule has 0 aliphatic carbocycles. The molecule has 1 aromatic rings. The van der Waals surface area contributed by atoms with Gasteiger partial charge in [-0.15, -0.1) is 0 Å². The maximum atomic E-state index is 12.8. The minimum atomic E-state index is -5.27. The highest BCUT2D eigenvalue weighted by molar-refractivity contribution is 7.81. The number of benzene rings is 1. The molecular weight excluding hydrogens is 368 g/mol. The highest BCUT2D eigenvalue weighted by Gasteiger charge is 2.29. The predicted octanol–water partition coefficient (Wildman–Crippen LogP) is -0.972. The third-order valence-corrected chi connectivity index (χ3v) is 4.31. The molecule has 0 bridgehead atoms. The number of nitrogens with two attached hydrogens (primary N) is 1. The molecule has 2 amide bonds. The summed E-state index contributed by atoms with van der Waals surface area (Å²) >= 11 is 0. The van der Waals surface area contributed by atoms with Gasteiger partial charge in [0.05, 0.1) is 6.54 Å². The average molecular weight is 386 g/mol. The molecule has 141 valence electrons. The van der Waals surface area contributed by atoms with E-state index in [-0.39, 0.29) is 36.1 Å². The zero-order chi connectivity index (χ0) is 19.3. The van der Waals surface area contributed by atoms with Gasteiger partial charge < -0.3 is 25.2 Å². The lowest BCUT2D eigenvalue weighted by atomic mass is 9.86. The first-order valence-electron chi connectivity index (χ1n) is 7.77. The number of likely N-dealkylation sites (tertiary alicyclic amines) is 1. The van der Waals surface area contributed by atoms with Crippen molar-refractivity contribution in [1.29, 1.82) is 0 Å². The summed E-state index contributed by atoms with van der Waals surface area (Å²) in [5.41, 5.74) is 5.58. The van der Waals surface area contributed by atoms with E-state index in [2.05, 4.69) is 9.50 Å². The molecule has 0 saturated carbocycles. The first-order chi connectivity index (χ1) is 12.2. The lowest BCUT2D eigenvalue weighted by molar-refractivity contribution is -0.129. The minimum absolute atomic E-state index is 0.0275. The van der Waals surface area contributed by atoms with Crippen molar-refractivity contribution < 1.29 is 31.1 Å². The normalized spacial score (nSPS) is 17.0. The third kappa shape index (κ3) is 5.16. The fourth-order valence-electron chi connectivity index (χ4n) is 2.67. The van der Waals surface area contributed by atoms with E-state index in [1.54, 1.807) is 0 Å². The van der Waals surface area contributed by atoms with Crippen LogP contribution < -0.4 is 15.2 Å². The fourth-order valence-corrected chi connectivity index (χ4v) is 3.04. The van der Waals surface area contributed by atoms with Crippen LogP contribution in [0.1, 0.15) is 28.8 Å². The summed E-state index contributed by atoms with van der Waals surface area (Å²) in [6.07, 6.45) is 1.40. The van der Waals surface area contributed by atoms with Gasteiger partial charge in [0.2, 0.25) is 5.91 Å². The first kappa shape index (κ1) is 20.1. The summed E-state index contributed by atoms with van der Waals surface area (Å²) in [5.74, 6) is -1.82. The van der Waals surface area contributed by atoms with Gasteiger partial charge in [0, 0.05) is 30.2 Å². The van der Waals surface area contributed by atoms with Crippen LogP contribution in [0.15, 0.2) is 18.2 Å². The van der Waals surface area contributed by atoms with E-state index < -0.39 is 22.2 Å². The number of halogens is 1. The van der Waals surface area contributed by atoms with Gasteiger partial charge >= 0.3 is 18.0 Å². The standard InChI is InChI=1S/C14H18BFN3O6S/c16-26(23,24)25-11-6-9(3-4-10(11)7-17)14(21)18-8-13(20)19-5-1-2-12(19)15-22/h3-4,6,12,22H,1-2,5,7-8,17H2,(H,18,21). The number of hydrogen-bond acceptors (Lipinski definition) is 7. The van der Waals surface area contributed by atoms with Crippen molar-refractivity contribution in [2.75, 3.05) is 13.1 Å². The molecule has 1 saturated heterocycles. The molecule has 2 rings (SSSR count). The summed E-state index contributed by atoms with van der Waals surface area (Å²) in [6, 6.07) is 3.70. The summed E-state index contributed by atoms with van der Waals surface area (Å²) in [7, 11) is -4.33. The Morgan fingerprint density at radius 3 is 2.81 bits per heavy atom. The highest BCUT2D eigenvalue weighted by Crippen LogP contribution is 2.22. The number of nitrogens with zero attached hydrogens (tertiary/aromatic N) is 1. The predicted molar refractivity (Wildman–Crippen MR) is 90.0 cm³/mol. The van der Waals surface area contributed by atoms with Crippen LogP contribution in [0.2, 0.25) is 0 Å². The molecule has 0 spiro atoms. The van der Waals surface area contributed by atoms with E-state index >= 15 is 0 Å². The molecule has 1 radical (unpaired) electrons. The second-order valence-corrected chi connectivity index (χ2v) is 6.58. The average Bonchev–Trinajstić information content (AvgIpc) is 3.06. The molecule has 1 aliphatic heterocycles. The number of amides is 2. The molecule has 12 heteroatoms. The van der Waals surface area contributed by atoms with E-state index in [0.29, 0.717) is 13.0 Å². The number of nitrogens with one attached hydrogen (secondary N) is 1. The van der Waals surface area contributed by atoms with Crippen molar-refractivity contribution in [3.63, 3.8) is 0 Å². The van der Waals surface area contributed by atoms with Crippen LogP contribution >= 0.6 is 0 Å². The van der Waals surface area contributed by atoms with Crippen molar-refractivity contribution in [2.24, 2.45) is 5.73 Å². The molecule has 1 fully saturated rings. The van der Waals surface area contributed by atoms with Gasteiger partial charge in [0.1, 0.15) is 0 Å². The Balaban J connectivity index is 2.05. The Morgan fingerprint density at radius 2 is 2.19 bits per heavy atom. The van der Waals surface area contributed by atoms with Gasteiger partial charge in [0.15, 0.2) is 5.75 Å². The first-order valence-corrected chi connectivity index (χ1v) is 9.08. The maximum absolute atomic E-state index is 12.8. The lowest BCUT2D eigenvalue weighted by Gasteiger charge is -2.22. The van der Waals surface area contributed by atoms with Crippen molar-refractivity contribution in [3.05, 3.63) is 29.3 Å². The van der Waals surface area contributed by atoms with Crippen LogP contribution in [0.5, 0.6) is 5.75 Å². The van der Waals surface area contributed by atoms with Gasteiger partial charge in [-0.25, -0.2) is 0 Å². The lowest BCUT2D eigenvalue weighted by Crippen LogP contribution is -2.44. The van der Waals surface area contributed by atoms with Crippen molar-refractivity contribution in [2.45, 2.75) is 25.3 Å². The Hall–Kier alpha value is -2.18. The van der Waals surface area contributed by atoms with E-state index in [1.807, 2.05) is 0 Å². The smallest absolute Gasteiger partial charge is 0.452 e. The van der Waals surface area contributed by atoms with Crippen LogP contribution in [-0.2, 0) is 21.8 Å².